The Kier molecular flexibility index (Phi) is 3.75. The summed E-state index contributed by atoms with van der Waals surface area (Å²) in [7, 11) is 0. The van der Waals surface area contributed by atoms with Crippen LogP contribution in [0.15, 0.2) is 36.7 Å². The first-order valence-electron chi connectivity index (χ1n) is 8.01. The number of hydrogen-bond donors (Lipinski definition) is 1. The van der Waals surface area contributed by atoms with Crippen LogP contribution in [-0.2, 0) is 0 Å². The topological polar surface area (TPSA) is 33.1 Å². The second-order valence-corrected chi connectivity index (χ2v) is 7.31. The van der Waals surface area contributed by atoms with Crippen molar-refractivity contribution >= 4 is 10.8 Å². The molecule has 1 aromatic heterocycles. The molecule has 3 atom stereocenters. The Labute approximate surface area is 127 Å². The highest BCUT2D eigenvalue weighted by molar-refractivity contribution is 5.82. The summed E-state index contributed by atoms with van der Waals surface area (Å²) in [4.78, 5) is 4.15. The maximum absolute atomic E-state index is 11.0. The molecule has 2 heteroatoms. The van der Waals surface area contributed by atoms with Gasteiger partial charge in [-0.15, -0.1) is 0 Å². The lowest BCUT2D eigenvalue weighted by molar-refractivity contribution is -0.0292. The third kappa shape index (κ3) is 2.69. The van der Waals surface area contributed by atoms with Crippen molar-refractivity contribution in [2.45, 2.75) is 46.1 Å². The van der Waals surface area contributed by atoms with Crippen molar-refractivity contribution in [1.29, 1.82) is 0 Å². The van der Waals surface area contributed by atoms with Crippen LogP contribution in [0.25, 0.3) is 10.8 Å². The zero-order valence-corrected chi connectivity index (χ0v) is 13.2. The second-order valence-electron chi connectivity index (χ2n) is 7.31. The minimum absolute atomic E-state index is 0.199. The molecule has 1 aliphatic rings. The van der Waals surface area contributed by atoms with Gasteiger partial charge in [0.25, 0.3) is 0 Å². The zero-order valence-electron chi connectivity index (χ0n) is 13.2. The lowest BCUT2D eigenvalue weighted by atomic mass is 9.61. The Balaban J connectivity index is 1.96. The van der Waals surface area contributed by atoms with Crippen LogP contribution >= 0.6 is 0 Å². The molecule has 3 rings (SSSR count). The maximum Gasteiger partial charge on any atom is 0.0826 e. The first-order chi connectivity index (χ1) is 9.99. The van der Waals surface area contributed by atoms with Crippen molar-refractivity contribution in [3.05, 3.63) is 42.2 Å². The summed E-state index contributed by atoms with van der Waals surface area (Å²) in [5, 5.41) is 13.3. The van der Waals surface area contributed by atoms with E-state index in [0.717, 1.165) is 16.3 Å². The van der Waals surface area contributed by atoms with Gasteiger partial charge < -0.3 is 5.11 Å². The summed E-state index contributed by atoms with van der Waals surface area (Å²) in [6, 6.07) is 8.27. The van der Waals surface area contributed by atoms with Gasteiger partial charge in [0, 0.05) is 17.8 Å². The van der Waals surface area contributed by atoms with Gasteiger partial charge in [-0.3, -0.25) is 4.98 Å². The highest BCUT2D eigenvalue weighted by atomic mass is 16.3. The number of aliphatic hydroxyl groups is 1. The van der Waals surface area contributed by atoms with Crippen LogP contribution in [0.5, 0.6) is 0 Å². The molecule has 21 heavy (non-hydrogen) atoms. The Bertz CT molecular complexity index is 634. The van der Waals surface area contributed by atoms with Crippen molar-refractivity contribution in [3.8, 4) is 0 Å². The van der Waals surface area contributed by atoms with Gasteiger partial charge in [-0.25, -0.2) is 0 Å². The fourth-order valence-electron chi connectivity index (χ4n) is 4.23. The molecule has 112 valence electrons. The number of hydrogen-bond acceptors (Lipinski definition) is 2. The predicted molar refractivity (Wildman–Crippen MR) is 87.0 cm³/mol. The van der Waals surface area contributed by atoms with E-state index in [0.29, 0.717) is 11.8 Å². The average molecular weight is 283 g/mol. The average Bonchev–Trinajstić information content (AvgIpc) is 2.45. The van der Waals surface area contributed by atoms with Crippen LogP contribution in [0.3, 0.4) is 0 Å². The Morgan fingerprint density at radius 3 is 2.81 bits per heavy atom. The highest BCUT2D eigenvalue weighted by Gasteiger charge is 2.41. The number of aliphatic hydroxyl groups excluding tert-OH is 1. The molecule has 2 nitrogen and oxygen atoms in total. The molecule has 0 amide bonds. The molecule has 1 aromatic carbocycles. The Hall–Kier alpha value is -1.41. The minimum Gasteiger partial charge on any atom is -0.388 e. The Morgan fingerprint density at radius 1 is 1.24 bits per heavy atom. The minimum atomic E-state index is -0.382. The van der Waals surface area contributed by atoms with Gasteiger partial charge in [0.15, 0.2) is 0 Å². The molecule has 0 aliphatic heterocycles. The second kappa shape index (κ2) is 5.42. The van der Waals surface area contributed by atoms with Crippen LogP contribution in [0, 0.1) is 17.3 Å². The fraction of sp³-hybridized carbons (Fsp3) is 0.526. The summed E-state index contributed by atoms with van der Waals surface area (Å²) in [6.45, 7) is 6.91. The molecular weight excluding hydrogens is 258 g/mol. The molecular formula is C19H25NO. The SMILES string of the molecule is CC1CCCC(C)(C)C1[C@H](O)c1ccc2cnccc2c1. The Morgan fingerprint density at radius 2 is 2.05 bits per heavy atom. The largest absolute Gasteiger partial charge is 0.388 e. The van der Waals surface area contributed by atoms with E-state index >= 15 is 0 Å². The van der Waals surface area contributed by atoms with Crippen LogP contribution in [-0.4, -0.2) is 10.1 Å². The highest BCUT2D eigenvalue weighted by Crippen LogP contribution is 2.49. The van der Waals surface area contributed by atoms with Gasteiger partial charge in [-0.05, 0) is 46.8 Å². The maximum atomic E-state index is 11.0. The molecule has 0 saturated heterocycles. The molecule has 2 aromatic rings. The molecule has 1 fully saturated rings. The van der Waals surface area contributed by atoms with E-state index in [1.165, 1.54) is 19.3 Å². The molecule has 1 N–H and O–H groups in total. The van der Waals surface area contributed by atoms with Crippen molar-refractivity contribution in [2.75, 3.05) is 0 Å². The van der Waals surface area contributed by atoms with E-state index in [4.69, 9.17) is 0 Å². The molecule has 1 aliphatic carbocycles. The third-order valence-corrected chi connectivity index (χ3v) is 5.34. The summed E-state index contributed by atoms with van der Waals surface area (Å²) >= 11 is 0. The molecule has 1 heterocycles. The van der Waals surface area contributed by atoms with Crippen LogP contribution in [0.2, 0.25) is 0 Å². The van der Waals surface area contributed by atoms with Gasteiger partial charge in [0.2, 0.25) is 0 Å². The molecule has 0 bridgehead atoms. The van der Waals surface area contributed by atoms with Crippen molar-refractivity contribution in [3.63, 3.8) is 0 Å². The van der Waals surface area contributed by atoms with Gasteiger partial charge >= 0.3 is 0 Å². The van der Waals surface area contributed by atoms with Crippen LogP contribution < -0.4 is 0 Å². The van der Waals surface area contributed by atoms with Gasteiger partial charge in [-0.2, -0.15) is 0 Å². The van der Waals surface area contributed by atoms with E-state index in [-0.39, 0.29) is 11.5 Å². The molecule has 0 spiro atoms. The quantitative estimate of drug-likeness (QED) is 0.864. The van der Waals surface area contributed by atoms with Crippen LogP contribution in [0.4, 0.5) is 0 Å². The fourth-order valence-corrected chi connectivity index (χ4v) is 4.23. The van der Waals surface area contributed by atoms with Crippen LogP contribution in [0.1, 0.15) is 51.7 Å². The monoisotopic (exact) mass is 283 g/mol. The third-order valence-electron chi connectivity index (χ3n) is 5.34. The van der Waals surface area contributed by atoms with Crippen molar-refractivity contribution in [1.82, 2.24) is 4.98 Å². The first-order valence-corrected chi connectivity index (χ1v) is 8.01. The number of rotatable bonds is 2. The number of pyridine rings is 1. The van der Waals surface area contributed by atoms with E-state index < -0.39 is 0 Å². The van der Waals surface area contributed by atoms with Gasteiger partial charge in [0.05, 0.1) is 6.10 Å². The zero-order chi connectivity index (χ0) is 15.0. The predicted octanol–water partition coefficient (Wildman–Crippen LogP) is 4.73. The molecule has 0 radical (unpaired) electrons. The van der Waals surface area contributed by atoms with E-state index in [2.05, 4.69) is 44.0 Å². The van der Waals surface area contributed by atoms with Gasteiger partial charge in [0.1, 0.15) is 0 Å². The smallest absolute Gasteiger partial charge is 0.0826 e. The summed E-state index contributed by atoms with van der Waals surface area (Å²) in [5.41, 5.74) is 1.24. The lowest BCUT2D eigenvalue weighted by Gasteiger charge is -2.45. The standard InChI is InChI=1S/C19H25NO/c1-13-5-4-9-19(2,3)17(13)18(21)15-6-7-16-12-20-10-8-14(16)11-15/h6-8,10-13,17-18,21H,4-5,9H2,1-3H3/t13?,17?,18-/m1/s1. The lowest BCUT2D eigenvalue weighted by Crippen LogP contribution is -2.37. The van der Waals surface area contributed by atoms with E-state index in [1.54, 1.807) is 0 Å². The van der Waals surface area contributed by atoms with Crippen molar-refractivity contribution in [2.24, 2.45) is 17.3 Å². The van der Waals surface area contributed by atoms with E-state index in [9.17, 15) is 5.11 Å². The van der Waals surface area contributed by atoms with Crippen molar-refractivity contribution < 1.29 is 5.11 Å². The van der Waals surface area contributed by atoms with Gasteiger partial charge in [-0.1, -0.05) is 45.7 Å². The number of nitrogens with zero attached hydrogens (tertiary/aromatic N) is 1. The molecule has 1 saturated carbocycles. The number of fused-ring (bicyclic) bond motifs is 1. The normalized spacial score (nSPS) is 26.7. The first kappa shape index (κ1) is 14.5. The summed E-state index contributed by atoms with van der Waals surface area (Å²) < 4.78 is 0. The number of aromatic nitrogens is 1. The van der Waals surface area contributed by atoms with E-state index in [1.807, 2.05) is 18.5 Å². The molecule has 2 unspecified atom stereocenters. The summed E-state index contributed by atoms with van der Waals surface area (Å²) in [6.07, 6.45) is 7.01. The summed E-state index contributed by atoms with van der Waals surface area (Å²) in [5.74, 6) is 0.891. The number of benzene rings is 1.